The summed E-state index contributed by atoms with van der Waals surface area (Å²) in [5.74, 6) is 0.585. The van der Waals surface area contributed by atoms with Crippen molar-refractivity contribution in [3.63, 3.8) is 0 Å². The minimum Gasteiger partial charge on any atom is -0.453 e. The van der Waals surface area contributed by atoms with Crippen LogP contribution in [-0.2, 0) is 14.2 Å². The summed E-state index contributed by atoms with van der Waals surface area (Å²) in [6, 6.07) is 7.67. The van der Waals surface area contributed by atoms with E-state index in [1.54, 1.807) is 0 Å². The first kappa shape index (κ1) is 28.5. The minimum absolute atomic E-state index is 0.0334. The van der Waals surface area contributed by atoms with Gasteiger partial charge in [0.05, 0.1) is 19.8 Å². The Morgan fingerprint density at radius 1 is 1.28 bits per heavy atom. The van der Waals surface area contributed by atoms with Gasteiger partial charge in [0.1, 0.15) is 0 Å². The Kier molecular flexibility index (Phi) is 12.1. The van der Waals surface area contributed by atoms with Gasteiger partial charge in [0, 0.05) is 56.4 Å². The molecule has 2 fully saturated rings. The number of nitrogens with one attached hydrogen (secondary N) is 3. The number of urea groups is 1. The highest BCUT2D eigenvalue weighted by Crippen LogP contribution is 2.34. The van der Waals surface area contributed by atoms with E-state index in [0.717, 1.165) is 57.4 Å². The number of ether oxygens (including phenoxy) is 3. The number of piperidine rings is 1. The Bertz CT molecular complexity index is 823. The lowest BCUT2D eigenvalue weighted by molar-refractivity contribution is -0.00873. The number of likely N-dealkylation sites (tertiary alicyclic amines) is 1. The van der Waals surface area contributed by atoms with Crippen molar-refractivity contribution in [2.24, 2.45) is 11.8 Å². The van der Waals surface area contributed by atoms with Crippen molar-refractivity contribution in [1.82, 2.24) is 20.9 Å². The highest BCUT2D eigenvalue weighted by atomic mass is 35.5. The molecule has 1 aromatic carbocycles. The van der Waals surface area contributed by atoms with E-state index in [-0.39, 0.29) is 24.1 Å². The van der Waals surface area contributed by atoms with Crippen molar-refractivity contribution in [1.29, 1.82) is 0 Å². The van der Waals surface area contributed by atoms with Crippen LogP contribution in [0, 0.1) is 11.8 Å². The van der Waals surface area contributed by atoms with Crippen LogP contribution >= 0.6 is 11.6 Å². The maximum Gasteiger partial charge on any atom is 0.406 e. The third-order valence-corrected chi connectivity index (χ3v) is 7.09. The summed E-state index contributed by atoms with van der Waals surface area (Å²) in [5.41, 5.74) is 0.971. The van der Waals surface area contributed by atoms with Crippen molar-refractivity contribution in [3.05, 3.63) is 34.9 Å². The standard InChI is InChI=1S/C26H41ClN4O5/c1-28-16-23(14-19-6-5-12-35-18-19)30-25(32)31-11-4-8-21(17-31)24(20-7-3-9-22(27)15-20)36-13-10-29-26(33)34-2/h3,7,9,15,19,21,23-24,28H,4-6,8,10-14,16-18H2,1-2H3,(H,29,33)(H,30,32)/t19-,21-,23+,24?/m1/s1. The number of alkyl carbamates (subject to hydrolysis) is 1. The molecule has 2 heterocycles. The number of halogens is 1. The number of carbonyl (C=O) groups is 2. The Morgan fingerprint density at radius 3 is 2.86 bits per heavy atom. The van der Waals surface area contributed by atoms with Gasteiger partial charge in [0.2, 0.25) is 0 Å². The Hall–Kier alpha value is -2.07. The summed E-state index contributed by atoms with van der Waals surface area (Å²) in [4.78, 5) is 26.6. The van der Waals surface area contributed by atoms with Crippen LogP contribution in [0.2, 0.25) is 5.02 Å². The predicted molar refractivity (Wildman–Crippen MR) is 139 cm³/mol. The lowest BCUT2D eigenvalue weighted by Crippen LogP contribution is -2.52. The van der Waals surface area contributed by atoms with Crippen molar-refractivity contribution in [2.45, 2.75) is 44.2 Å². The third kappa shape index (κ3) is 9.10. The van der Waals surface area contributed by atoms with Gasteiger partial charge in [-0.15, -0.1) is 0 Å². The summed E-state index contributed by atoms with van der Waals surface area (Å²) < 4.78 is 16.5. The van der Waals surface area contributed by atoms with Gasteiger partial charge in [-0.2, -0.15) is 0 Å². The van der Waals surface area contributed by atoms with E-state index >= 15 is 0 Å². The molecular formula is C26H41ClN4O5. The summed E-state index contributed by atoms with van der Waals surface area (Å²) in [6.45, 7) is 4.29. The maximum atomic E-state index is 13.3. The van der Waals surface area contributed by atoms with Crippen molar-refractivity contribution in [3.8, 4) is 0 Å². The zero-order chi connectivity index (χ0) is 25.8. The number of methoxy groups -OCH3 is 1. The monoisotopic (exact) mass is 524 g/mol. The highest BCUT2D eigenvalue weighted by molar-refractivity contribution is 6.30. The summed E-state index contributed by atoms with van der Waals surface area (Å²) in [7, 11) is 3.24. The molecule has 10 heteroatoms. The van der Waals surface area contributed by atoms with E-state index in [1.165, 1.54) is 7.11 Å². The lowest BCUT2D eigenvalue weighted by Gasteiger charge is -2.38. The Labute approximate surface area is 219 Å². The predicted octanol–water partition coefficient (Wildman–Crippen LogP) is 3.58. The smallest absolute Gasteiger partial charge is 0.406 e. The van der Waals surface area contributed by atoms with E-state index in [9.17, 15) is 9.59 Å². The van der Waals surface area contributed by atoms with E-state index in [4.69, 9.17) is 21.1 Å². The molecule has 2 aliphatic rings. The first-order valence-corrected chi connectivity index (χ1v) is 13.3. The molecule has 3 N–H and O–H groups in total. The maximum absolute atomic E-state index is 13.3. The SMILES string of the molecule is CNC[C@H](C[C@H]1CCCOC1)NC(=O)N1CCC[C@@H](C(OCCNC(=O)OC)c2cccc(Cl)c2)C1. The number of amides is 3. The number of carbonyl (C=O) groups excluding carboxylic acids is 2. The number of benzene rings is 1. The van der Waals surface area contributed by atoms with E-state index < -0.39 is 6.09 Å². The van der Waals surface area contributed by atoms with E-state index in [1.807, 2.05) is 36.2 Å². The van der Waals surface area contributed by atoms with Gasteiger partial charge < -0.3 is 35.1 Å². The molecule has 0 saturated carbocycles. The molecule has 0 aromatic heterocycles. The molecule has 36 heavy (non-hydrogen) atoms. The molecule has 3 rings (SSSR count). The summed E-state index contributed by atoms with van der Waals surface area (Å²) in [6.07, 6.45) is 4.23. The minimum atomic E-state index is -0.491. The zero-order valence-corrected chi connectivity index (χ0v) is 22.2. The Balaban J connectivity index is 1.62. The van der Waals surface area contributed by atoms with E-state index in [2.05, 4.69) is 20.7 Å². The van der Waals surface area contributed by atoms with Crippen LogP contribution in [0.5, 0.6) is 0 Å². The molecule has 9 nitrogen and oxygen atoms in total. The number of hydrogen-bond acceptors (Lipinski definition) is 6. The van der Waals surface area contributed by atoms with Crippen LogP contribution in [0.4, 0.5) is 9.59 Å². The molecule has 0 spiro atoms. The summed E-state index contributed by atoms with van der Waals surface area (Å²) >= 11 is 6.28. The molecule has 4 atom stereocenters. The van der Waals surface area contributed by atoms with Crippen LogP contribution in [0.3, 0.4) is 0 Å². The lowest BCUT2D eigenvalue weighted by atomic mass is 9.88. The average Bonchev–Trinajstić information content (AvgIpc) is 2.89. The highest BCUT2D eigenvalue weighted by Gasteiger charge is 2.32. The second kappa shape index (κ2) is 15.2. The number of likely N-dealkylation sites (N-methyl/N-ethyl adjacent to an activating group) is 1. The molecule has 2 aliphatic heterocycles. The van der Waals surface area contributed by atoms with Crippen LogP contribution in [-0.4, -0.2) is 83.2 Å². The van der Waals surface area contributed by atoms with Crippen LogP contribution in [0.1, 0.15) is 43.8 Å². The molecule has 0 bridgehead atoms. The van der Waals surface area contributed by atoms with Gasteiger partial charge in [-0.1, -0.05) is 23.7 Å². The molecule has 2 saturated heterocycles. The van der Waals surface area contributed by atoms with Crippen molar-refractivity contribution in [2.75, 3.05) is 60.2 Å². The fourth-order valence-electron chi connectivity index (χ4n) is 5.14. The van der Waals surface area contributed by atoms with Gasteiger partial charge in [-0.25, -0.2) is 9.59 Å². The normalized spacial score (nSPS) is 21.9. The third-order valence-electron chi connectivity index (χ3n) is 6.86. The second-order valence-electron chi connectivity index (χ2n) is 9.64. The fraction of sp³-hybridized carbons (Fsp3) is 0.692. The first-order chi connectivity index (χ1) is 17.5. The van der Waals surface area contributed by atoms with Gasteiger partial charge in [-0.3, -0.25) is 0 Å². The first-order valence-electron chi connectivity index (χ1n) is 13.0. The molecule has 1 aromatic rings. The van der Waals surface area contributed by atoms with Gasteiger partial charge in [-0.05, 0) is 62.8 Å². The molecule has 0 radical (unpaired) electrons. The van der Waals surface area contributed by atoms with Gasteiger partial charge >= 0.3 is 12.1 Å². The second-order valence-corrected chi connectivity index (χ2v) is 10.1. The quantitative estimate of drug-likeness (QED) is 0.382. The molecule has 3 amide bonds. The summed E-state index contributed by atoms with van der Waals surface area (Å²) in [5, 5.41) is 9.76. The fourth-order valence-corrected chi connectivity index (χ4v) is 5.34. The number of hydrogen-bond donors (Lipinski definition) is 3. The number of nitrogens with zero attached hydrogens (tertiary/aromatic N) is 1. The molecule has 0 aliphatic carbocycles. The average molecular weight is 525 g/mol. The van der Waals surface area contributed by atoms with Gasteiger partial charge in [0.25, 0.3) is 0 Å². The molecular weight excluding hydrogens is 484 g/mol. The van der Waals surface area contributed by atoms with Crippen LogP contribution in [0.25, 0.3) is 0 Å². The molecule has 202 valence electrons. The van der Waals surface area contributed by atoms with Gasteiger partial charge in [0.15, 0.2) is 0 Å². The van der Waals surface area contributed by atoms with Crippen molar-refractivity contribution < 1.29 is 23.8 Å². The number of rotatable bonds is 11. The molecule has 1 unspecified atom stereocenters. The zero-order valence-electron chi connectivity index (χ0n) is 21.5. The Morgan fingerprint density at radius 2 is 2.14 bits per heavy atom. The topological polar surface area (TPSA) is 101 Å². The van der Waals surface area contributed by atoms with Crippen LogP contribution in [0.15, 0.2) is 24.3 Å². The largest absolute Gasteiger partial charge is 0.453 e. The van der Waals surface area contributed by atoms with E-state index in [0.29, 0.717) is 37.2 Å². The van der Waals surface area contributed by atoms with Crippen LogP contribution < -0.4 is 16.0 Å². The van der Waals surface area contributed by atoms with Crippen molar-refractivity contribution >= 4 is 23.7 Å².